The second-order valence-electron chi connectivity index (χ2n) is 7.01. The normalized spacial score (nSPS) is 12.7. The molecule has 0 atom stereocenters. The minimum absolute atomic E-state index is 0.840. The van der Waals surface area contributed by atoms with Crippen LogP contribution in [-0.2, 0) is 4.74 Å². The Bertz CT molecular complexity index is 377. The van der Waals surface area contributed by atoms with Crippen molar-refractivity contribution in [3.8, 4) is 0 Å². The second kappa shape index (κ2) is 6.86. The first-order valence-corrected chi connectivity index (χ1v) is 14.2. The zero-order chi connectivity index (χ0) is 14.5. The molecule has 108 valence electrons. The topological polar surface area (TPSA) is 9.23 Å². The molecule has 0 aliphatic rings. The molecule has 0 heterocycles. The van der Waals surface area contributed by atoms with Gasteiger partial charge in [-0.15, -0.1) is 0 Å². The highest BCUT2D eigenvalue weighted by Gasteiger charge is 2.24. The van der Waals surface area contributed by atoms with Gasteiger partial charge in [0.05, 0.1) is 16.1 Å². The van der Waals surface area contributed by atoms with Gasteiger partial charge in [-0.25, -0.2) is 0 Å². The Labute approximate surface area is 121 Å². The summed E-state index contributed by atoms with van der Waals surface area (Å²) in [6.45, 7) is 16.0. The highest BCUT2D eigenvalue weighted by atomic mass is 28.3. The first kappa shape index (κ1) is 16.7. The van der Waals surface area contributed by atoms with Crippen molar-refractivity contribution in [1.29, 1.82) is 0 Å². The molecule has 0 amide bonds. The highest BCUT2D eigenvalue weighted by Crippen LogP contribution is 2.13. The molecule has 1 aromatic carbocycles. The Balaban J connectivity index is 2.68. The van der Waals surface area contributed by atoms with Crippen molar-refractivity contribution in [2.45, 2.75) is 52.1 Å². The molecule has 3 heteroatoms. The fourth-order valence-electron chi connectivity index (χ4n) is 2.33. The van der Waals surface area contributed by atoms with Crippen molar-refractivity contribution in [2.75, 3.05) is 13.2 Å². The van der Waals surface area contributed by atoms with E-state index in [0.717, 1.165) is 13.2 Å². The Morgan fingerprint density at radius 2 is 1.42 bits per heavy atom. The molecule has 1 rings (SSSR count). The number of benzene rings is 1. The number of hydrogen-bond acceptors (Lipinski definition) is 1. The van der Waals surface area contributed by atoms with Gasteiger partial charge in [-0.3, -0.25) is 0 Å². The Morgan fingerprint density at radius 3 is 1.89 bits per heavy atom. The summed E-state index contributed by atoms with van der Waals surface area (Å²) in [7, 11) is -2.43. The Morgan fingerprint density at radius 1 is 0.895 bits per heavy atom. The molecular weight excluding hydrogens is 264 g/mol. The van der Waals surface area contributed by atoms with Crippen LogP contribution in [0.25, 0.3) is 0 Å². The van der Waals surface area contributed by atoms with Crippen molar-refractivity contribution in [2.24, 2.45) is 0 Å². The van der Waals surface area contributed by atoms with Crippen molar-refractivity contribution in [3.05, 3.63) is 24.3 Å². The monoisotopic (exact) mass is 294 g/mol. The molecule has 0 aliphatic carbocycles. The SMILES string of the molecule is CCOCCC[Si](C)(C)c1ccc([Si](C)(C)C)cc1. The van der Waals surface area contributed by atoms with E-state index in [1.807, 2.05) is 0 Å². The maximum atomic E-state index is 5.46. The molecule has 0 saturated carbocycles. The maximum absolute atomic E-state index is 5.46. The summed E-state index contributed by atoms with van der Waals surface area (Å²) in [6.07, 6.45) is 1.20. The van der Waals surface area contributed by atoms with Gasteiger partial charge < -0.3 is 4.74 Å². The van der Waals surface area contributed by atoms with Crippen LogP contribution in [0.15, 0.2) is 24.3 Å². The lowest BCUT2D eigenvalue weighted by Crippen LogP contribution is -2.44. The molecule has 1 aromatic rings. The zero-order valence-electron chi connectivity index (χ0n) is 13.5. The molecule has 19 heavy (non-hydrogen) atoms. The van der Waals surface area contributed by atoms with E-state index < -0.39 is 16.1 Å². The summed E-state index contributed by atoms with van der Waals surface area (Å²) in [5.41, 5.74) is 0. The van der Waals surface area contributed by atoms with Gasteiger partial charge in [0.2, 0.25) is 0 Å². The van der Waals surface area contributed by atoms with Crippen LogP contribution in [0.3, 0.4) is 0 Å². The van der Waals surface area contributed by atoms with Crippen LogP contribution in [0, 0.1) is 0 Å². The predicted molar refractivity (Wildman–Crippen MR) is 92.5 cm³/mol. The van der Waals surface area contributed by atoms with E-state index in [4.69, 9.17) is 4.74 Å². The van der Waals surface area contributed by atoms with Crippen LogP contribution in [-0.4, -0.2) is 29.4 Å². The molecule has 0 saturated heterocycles. The quantitative estimate of drug-likeness (QED) is 0.552. The number of hydrogen-bond donors (Lipinski definition) is 0. The summed E-state index contributed by atoms with van der Waals surface area (Å²) in [6, 6.07) is 10.8. The molecule has 0 aromatic heterocycles. The Kier molecular flexibility index (Phi) is 6.02. The van der Waals surface area contributed by atoms with Crippen molar-refractivity contribution in [1.82, 2.24) is 0 Å². The van der Waals surface area contributed by atoms with Crippen LogP contribution in [0.4, 0.5) is 0 Å². The van der Waals surface area contributed by atoms with E-state index in [9.17, 15) is 0 Å². The lowest BCUT2D eigenvalue weighted by molar-refractivity contribution is 0.148. The van der Waals surface area contributed by atoms with E-state index in [2.05, 4.69) is 63.9 Å². The van der Waals surface area contributed by atoms with Gasteiger partial charge >= 0.3 is 0 Å². The maximum Gasteiger partial charge on any atom is 0.0807 e. The molecule has 1 nitrogen and oxygen atoms in total. The molecule has 0 bridgehead atoms. The third-order valence-electron chi connectivity index (χ3n) is 3.83. The van der Waals surface area contributed by atoms with Gasteiger partial charge in [-0.05, 0) is 13.3 Å². The van der Waals surface area contributed by atoms with Crippen LogP contribution in [0.2, 0.25) is 38.8 Å². The van der Waals surface area contributed by atoms with Crippen molar-refractivity contribution < 1.29 is 4.74 Å². The van der Waals surface area contributed by atoms with Crippen LogP contribution < -0.4 is 10.4 Å². The van der Waals surface area contributed by atoms with Gasteiger partial charge in [-0.1, -0.05) is 73.4 Å². The summed E-state index contributed by atoms with van der Waals surface area (Å²) < 4.78 is 5.46. The molecule has 0 fully saturated rings. The molecule has 0 spiro atoms. The minimum atomic E-state index is -1.28. The average molecular weight is 295 g/mol. The molecular formula is C16H30OSi2. The van der Waals surface area contributed by atoms with E-state index in [0.29, 0.717) is 0 Å². The predicted octanol–water partition coefficient (Wildman–Crippen LogP) is 3.57. The van der Waals surface area contributed by atoms with Crippen molar-refractivity contribution >= 4 is 26.5 Å². The lowest BCUT2D eigenvalue weighted by Gasteiger charge is -2.24. The van der Waals surface area contributed by atoms with Crippen LogP contribution in [0.5, 0.6) is 0 Å². The van der Waals surface area contributed by atoms with Crippen molar-refractivity contribution in [3.63, 3.8) is 0 Å². The summed E-state index contributed by atoms with van der Waals surface area (Å²) in [5, 5.41) is 3.15. The van der Waals surface area contributed by atoms with Crippen LogP contribution >= 0.6 is 0 Å². The third-order valence-corrected chi connectivity index (χ3v) is 9.39. The third kappa shape index (κ3) is 5.24. The largest absolute Gasteiger partial charge is 0.382 e. The summed E-state index contributed by atoms with van der Waals surface area (Å²) in [5.74, 6) is 0. The van der Waals surface area contributed by atoms with Crippen LogP contribution in [0.1, 0.15) is 13.3 Å². The first-order chi connectivity index (χ1) is 8.77. The van der Waals surface area contributed by atoms with Gasteiger partial charge in [0.25, 0.3) is 0 Å². The zero-order valence-corrected chi connectivity index (χ0v) is 15.5. The van der Waals surface area contributed by atoms with Gasteiger partial charge in [-0.2, -0.15) is 0 Å². The van der Waals surface area contributed by atoms with E-state index in [1.54, 1.807) is 10.4 Å². The number of rotatable bonds is 7. The smallest absolute Gasteiger partial charge is 0.0807 e. The fraction of sp³-hybridized carbons (Fsp3) is 0.625. The molecule has 0 aliphatic heterocycles. The fourth-order valence-corrected chi connectivity index (χ4v) is 5.88. The molecule has 0 radical (unpaired) electrons. The summed E-state index contributed by atoms with van der Waals surface area (Å²) in [4.78, 5) is 0. The Hall–Kier alpha value is -0.386. The van der Waals surface area contributed by atoms with E-state index in [1.165, 1.54) is 12.5 Å². The standard InChI is InChI=1S/C16H30OSi2/c1-7-17-13-8-14-19(5,6)16-11-9-15(10-12-16)18(2,3)4/h9-12H,7-8,13-14H2,1-6H3. The van der Waals surface area contributed by atoms with E-state index >= 15 is 0 Å². The summed E-state index contributed by atoms with van der Waals surface area (Å²) >= 11 is 0. The molecule has 0 N–H and O–H groups in total. The molecule has 0 unspecified atom stereocenters. The highest BCUT2D eigenvalue weighted by molar-refractivity contribution is 6.90. The second-order valence-corrected chi connectivity index (χ2v) is 16.9. The average Bonchev–Trinajstić information content (AvgIpc) is 2.34. The first-order valence-electron chi connectivity index (χ1n) is 7.46. The van der Waals surface area contributed by atoms with Gasteiger partial charge in [0.1, 0.15) is 0 Å². The van der Waals surface area contributed by atoms with E-state index in [-0.39, 0.29) is 0 Å². The lowest BCUT2D eigenvalue weighted by atomic mass is 10.4. The van der Waals surface area contributed by atoms with Gasteiger partial charge in [0, 0.05) is 13.2 Å². The minimum Gasteiger partial charge on any atom is -0.382 e. The number of ether oxygens (including phenoxy) is 1. The van der Waals surface area contributed by atoms with Gasteiger partial charge in [0.15, 0.2) is 0 Å².